The van der Waals surface area contributed by atoms with Gasteiger partial charge in [0.2, 0.25) is 15.7 Å². The van der Waals surface area contributed by atoms with Crippen LogP contribution in [0.25, 0.3) is 22.3 Å². The molecule has 0 fully saturated rings. The molecule has 0 unspecified atom stereocenters. The van der Waals surface area contributed by atoms with Crippen molar-refractivity contribution in [3.8, 4) is 11.4 Å². The van der Waals surface area contributed by atoms with Crippen molar-refractivity contribution in [1.29, 1.82) is 0 Å². The highest BCUT2D eigenvalue weighted by Crippen LogP contribution is 2.29. The molecule has 0 bridgehead atoms. The number of aromatic amines is 1. The van der Waals surface area contributed by atoms with Gasteiger partial charge < -0.3 is 15.1 Å². The molecule has 0 radical (unpaired) electrons. The highest BCUT2D eigenvalue weighted by atomic mass is 32.2. The van der Waals surface area contributed by atoms with Crippen LogP contribution in [0, 0.1) is 0 Å². The number of benzene rings is 1. The van der Waals surface area contributed by atoms with E-state index >= 15 is 0 Å². The highest BCUT2D eigenvalue weighted by molar-refractivity contribution is 7.91. The van der Waals surface area contributed by atoms with Crippen LogP contribution in [0.2, 0.25) is 0 Å². The van der Waals surface area contributed by atoms with E-state index in [9.17, 15) is 13.2 Å². The van der Waals surface area contributed by atoms with Crippen molar-refractivity contribution < 1.29 is 17.6 Å². The zero-order valence-electron chi connectivity index (χ0n) is 14.0. The van der Waals surface area contributed by atoms with Crippen LogP contribution in [-0.4, -0.2) is 39.8 Å². The monoisotopic (exact) mass is 385 g/mol. The van der Waals surface area contributed by atoms with E-state index in [1.165, 1.54) is 10.8 Å². The molecule has 0 aliphatic rings. The van der Waals surface area contributed by atoms with Gasteiger partial charge in [-0.2, -0.15) is 0 Å². The number of furan rings is 1. The Kier molecular flexibility index (Phi) is 4.04. The average molecular weight is 385 g/mol. The Balaban J connectivity index is 1.91. The van der Waals surface area contributed by atoms with Gasteiger partial charge in [-0.15, -0.1) is 10.2 Å². The van der Waals surface area contributed by atoms with Crippen molar-refractivity contribution in [2.75, 3.05) is 5.75 Å². The minimum atomic E-state index is -4.05. The number of rotatable bonds is 6. The zero-order valence-corrected chi connectivity index (χ0v) is 14.8. The molecule has 0 aliphatic heterocycles. The molecular formula is C17H15N5O4S. The molecule has 9 nitrogen and oxygen atoms in total. The third-order valence-corrected chi connectivity index (χ3v) is 5.57. The van der Waals surface area contributed by atoms with Gasteiger partial charge in [0.05, 0.1) is 12.8 Å². The minimum Gasteiger partial charge on any atom is -0.467 e. The smallest absolute Gasteiger partial charge is 0.250 e. The number of nitrogens with one attached hydrogen (secondary N) is 1. The van der Waals surface area contributed by atoms with Crippen molar-refractivity contribution >= 4 is 26.6 Å². The quantitative estimate of drug-likeness (QED) is 0.514. The number of hydrogen-bond donors (Lipinski definition) is 2. The van der Waals surface area contributed by atoms with Gasteiger partial charge in [-0.25, -0.2) is 8.42 Å². The predicted molar refractivity (Wildman–Crippen MR) is 96.4 cm³/mol. The fraction of sp³-hybridized carbons (Fsp3) is 0.118. The fourth-order valence-electron chi connectivity index (χ4n) is 2.93. The summed E-state index contributed by atoms with van der Waals surface area (Å²) in [5.41, 5.74) is 6.64. The van der Waals surface area contributed by atoms with Crippen LogP contribution in [0.1, 0.15) is 5.76 Å². The van der Waals surface area contributed by atoms with Crippen molar-refractivity contribution in [2.24, 2.45) is 5.73 Å². The molecule has 3 heterocycles. The topological polar surface area (TPSA) is 137 Å². The summed E-state index contributed by atoms with van der Waals surface area (Å²) in [5, 5.41) is 8.46. The highest BCUT2D eigenvalue weighted by Gasteiger charge is 2.28. The summed E-state index contributed by atoms with van der Waals surface area (Å²) in [4.78, 5) is 14.3. The molecule has 3 N–H and O–H groups in total. The minimum absolute atomic E-state index is 0.0855. The van der Waals surface area contributed by atoms with E-state index in [0.717, 1.165) is 10.9 Å². The van der Waals surface area contributed by atoms with Crippen molar-refractivity contribution in [3.05, 3.63) is 54.6 Å². The van der Waals surface area contributed by atoms with Crippen molar-refractivity contribution in [2.45, 2.75) is 11.7 Å². The van der Waals surface area contributed by atoms with Gasteiger partial charge in [0.25, 0.3) is 5.16 Å². The molecule has 27 heavy (non-hydrogen) atoms. The summed E-state index contributed by atoms with van der Waals surface area (Å²) < 4.78 is 31.9. The molecule has 0 aliphatic carbocycles. The van der Waals surface area contributed by atoms with Gasteiger partial charge in [-0.3, -0.25) is 9.36 Å². The second kappa shape index (κ2) is 6.40. The van der Waals surface area contributed by atoms with E-state index in [1.807, 2.05) is 24.3 Å². The number of sulfone groups is 1. The fourth-order valence-corrected chi connectivity index (χ4v) is 4.08. The van der Waals surface area contributed by atoms with Gasteiger partial charge in [-0.05, 0) is 18.2 Å². The lowest BCUT2D eigenvalue weighted by molar-refractivity contribution is -0.115. The second-order valence-electron chi connectivity index (χ2n) is 5.95. The lowest BCUT2D eigenvalue weighted by Crippen LogP contribution is -2.25. The van der Waals surface area contributed by atoms with Crippen LogP contribution in [-0.2, 0) is 21.2 Å². The Hall–Kier alpha value is -3.40. The molecule has 1 amide bonds. The zero-order chi connectivity index (χ0) is 19.0. The van der Waals surface area contributed by atoms with Crippen LogP contribution in [0.3, 0.4) is 0 Å². The summed E-state index contributed by atoms with van der Waals surface area (Å²) >= 11 is 0. The number of carbonyl (C=O) groups excluding carboxylic acids is 1. The van der Waals surface area contributed by atoms with E-state index < -0.39 is 21.5 Å². The molecule has 0 atom stereocenters. The molecule has 0 saturated heterocycles. The van der Waals surface area contributed by atoms with Gasteiger partial charge in [0.15, 0.2) is 5.82 Å². The Morgan fingerprint density at radius 1 is 1.19 bits per heavy atom. The average Bonchev–Trinajstić information content (AvgIpc) is 3.33. The maximum absolute atomic E-state index is 12.6. The number of fused-ring (bicyclic) bond motifs is 1. The third kappa shape index (κ3) is 3.10. The molecule has 0 saturated carbocycles. The van der Waals surface area contributed by atoms with Crippen LogP contribution in [0.4, 0.5) is 0 Å². The lowest BCUT2D eigenvalue weighted by Gasteiger charge is -2.08. The van der Waals surface area contributed by atoms with E-state index in [-0.39, 0.29) is 11.7 Å². The number of hydrogen-bond acceptors (Lipinski definition) is 6. The molecule has 3 aromatic heterocycles. The van der Waals surface area contributed by atoms with Gasteiger partial charge in [-0.1, -0.05) is 18.2 Å². The summed E-state index contributed by atoms with van der Waals surface area (Å²) in [6.45, 7) is 0.0855. The summed E-state index contributed by atoms with van der Waals surface area (Å²) in [6.07, 6.45) is 3.22. The molecule has 4 rings (SSSR count). The molecule has 10 heteroatoms. The number of primary amides is 1. The Bertz CT molecular complexity index is 1220. The normalized spacial score (nSPS) is 11.9. The number of carbonyl (C=O) groups is 1. The maximum Gasteiger partial charge on any atom is 0.250 e. The lowest BCUT2D eigenvalue weighted by atomic mass is 10.1. The van der Waals surface area contributed by atoms with Gasteiger partial charge in [0.1, 0.15) is 11.5 Å². The van der Waals surface area contributed by atoms with Crippen molar-refractivity contribution in [3.63, 3.8) is 0 Å². The second-order valence-corrected chi connectivity index (χ2v) is 7.83. The molecule has 4 aromatic rings. The number of amides is 1. The molecule has 1 aromatic carbocycles. The number of H-pyrrole nitrogens is 1. The third-order valence-electron chi connectivity index (χ3n) is 4.05. The Morgan fingerprint density at radius 3 is 2.74 bits per heavy atom. The van der Waals surface area contributed by atoms with Crippen LogP contribution < -0.4 is 5.73 Å². The predicted octanol–water partition coefficient (Wildman–Crippen LogP) is 1.33. The Labute approximate surface area is 153 Å². The van der Waals surface area contributed by atoms with E-state index in [4.69, 9.17) is 10.2 Å². The largest absolute Gasteiger partial charge is 0.467 e. The first kappa shape index (κ1) is 17.0. The summed E-state index contributed by atoms with van der Waals surface area (Å²) in [5.74, 6) is -0.952. The Morgan fingerprint density at radius 2 is 2.00 bits per heavy atom. The first-order valence-corrected chi connectivity index (χ1v) is 9.64. The number of para-hydroxylation sites is 1. The van der Waals surface area contributed by atoms with Gasteiger partial charge in [0, 0.05) is 22.7 Å². The van der Waals surface area contributed by atoms with Crippen LogP contribution in [0.5, 0.6) is 0 Å². The van der Waals surface area contributed by atoms with E-state index in [0.29, 0.717) is 17.1 Å². The number of nitrogens with zero attached hydrogens (tertiary/aromatic N) is 3. The van der Waals surface area contributed by atoms with E-state index in [1.54, 1.807) is 18.3 Å². The number of aromatic nitrogens is 4. The molecule has 138 valence electrons. The SMILES string of the molecule is NC(=O)CS(=O)(=O)c1nnc(-c2c[nH]c3ccccc23)n1Cc1ccco1. The molecular weight excluding hydrogens is 370 g/mol. The van der Waals surface area contributed by atoms with Gasteiger partial charge >= 0.3 is 0 Å². The molecule has 0 spiro atoms. The standard InChI is InChI=1S/C17H15N5O4S/c18-15(23)10-27(24,25)17-21-20-16(22(17)9-11-4-3-7-26-11)13-8-19-14-6-2-1-5-12(13)14/h1-8,19H,9-10H2,(H2,18,23). The van der Waals surface area contributed by atoms with E-state index in [2.05, 4.69) is 15.2 Å². The van der Waals surface area contributed by atoms with Crippen LogP contribution >= 0.6 is 0 Å². The van der Waals surface area contributed by atoms with Crippen molar-refractivity contribution in [1.82, 2.24) is 19.7 Å². The maximum atomic E-state index is 12.6. The summed E-state index contributed by atoms with van der Waals surface area (Å²) in [7, 11) is -4.05. The number of nitrogens with two attached hydrogens (primary N) is 1. The first-order chi connectivity index (χ1) is 13.0. The van der Waals surface area contributed by atoms with Crippen LogP contribution in [0.15, 0.2) is 58.4 Å². The first-order valence-electron chi connectivity index (χ1n) is 7.99. The summed E-state index contributed by atoms with van der Waals surface area (Å²) in [6, 6.07) is 11.0.